The zero-order valence-electron chi connectivity index (χ0n) is 20.1. The molecule has 8 nitrogen and oxygen atoms in total. The van der Waals surface area contributed by atoms with E-state index >= 15 is 0 Å². The Hall–Kier alpha value is -3.68. The van der Waals surface area contributed by atoms with Gasteiger partial charge < -0.3 is 21.3 Å². The third-order valence-electron chi connectivity index (χ3n) is 6.11. The van der Waals surface area contributed by atoms with E-state index < -0.39 is 0 Å². The highest BCUT2D eigenvalue weighted by atomic mass is 16.2. The number of rotatable bonds is 12. The number of nitrogens with zero attached hydrogens (tertiary/aromatic N) is 2. The van der Waals surface area contributed by atoms with E-state index in [1.54, 1.807) is 0 Å². The van der Waals surface area contributed by atoms with E-state index in [4.69, 9.17) is 0 Å². The Balaban J connectivity index is 1.03. The van der Waals surface area contributed by atoms with Crippen molar-refractivity contribution < 1.29 is 9.59 Å². The maximum atomic E-state index is 12.3. The van der Waals surface area contributed by atoms with Crippen molar-refractivity contribution in [3.05, 3.63) is 70.8 Å². The number of carbonyl (C=O) groups excluding carboxylic acids is 2. The summed E-state index contributed by atoms with van der Waals surface area (Å²) in [7, 11) is 0. The molecule has 2 aromatic rings. The average molecular weight is 475 g/mol. The molecule has 0 bridgehead atoms. The summed E-state index contributed by atoms with van der Waals surface area (Å²) in [5.41, 5.74) is 3.37. The number of benzene rings is 2. The van der Waals surface area contributed by atoms with E-state index in [1.807, 2.05) is 48.5 Å². The van der Waals surface area contributed by atoms with E-state index in [2.05, 4.69) is 31.3 Å². The largest absolute Gasteiger partial charge is 0.368 e. The number of unbranched alkanes of at least 4 members (excludes halogenated alkanes) is 4. The zero-order valence-corrected chi connectivity index (χ0v) is 20.1. The van der Waals surface area contributed by atoms with Crippen LogP contribution in [-0.4, -0.2) is 62.8 Å². The average Bonchev–Trinajstić information content (AvgIpc) is 3.63. The molecule has 0 aliphatic carbocycles. The highest BCUT2D eigenvalue weighted by Crippen LogP contribution is 2.09. The smallest absolute Gasteiger partial charge is 0.251 e. The van der Waals surface area contributed by atoms with Crippen LogP contribution in [0.3, 0.4) is 0 Å². The second-order valence-electron chi connectivity index (χ2n) is 8.75. The predicted octanol–water partition coefficient (Wildman–Crippen LogP) is 2.50. The van der Waals surface area contributed by atoms with Crippen molar-refractivity contribution >= 4 is 23.5 Å². The normalized spacial score (nSPS) is 14.5. The summed E-state index contributed by atoms with van der Waals surface area (Å²) in [5.74, 6) is 1.72. The number of aliphatic imine (C=N–C) groups is 2. The first-order valence-corrected chi connectivity index (χ1v) is 12.5. The number of hydrogen-bond acceptors (Lipinski definition) is 6. The topological polar surface area (TPSA) is 107 Å². The summed E-state index contributed by atoms with van der Waals surface area (Å²) < 4.78 is 0. The van der Waals surface area contributed by atoms with Gasteiger partial charge >= 0.3 is 0 Å². The Kier molecular flexibility index (Phi) is 8.86. The minimum absolute atomic E-state index is 0.0406. The molecule has 0 aromatic heterocycles. The zero-order chi connectivity index (χ0) is 24.3. The second kappa shape index (κ2) is 12.7. The van der Waals surface area contributed by atoms with Crippen LogP contribution in [0.1, 0.15) is 63.9 Å². The first kappa shape index (κ1) is 24.4. The molecule has 0 spiro atoms. The van der Waals surface area contributed by atoms with Crippen LogP contribution in [0.15, 0.2) is 58.5 Å². The molecule has 0 fully saturated rings. The van der Waals surface area contributed by atoms with Crippen LogP contribution in [-0.2, 0) is 0 Å². The van der Waals surface area contributed by atoms with Gasteiger partial charge in [0.05, 0.1) is 13.1 Å². The lowest BCUT2D eigenvalue weighted by molar-refractivity contribution is 0.0945. The lowest BCUT2D eigenvalue weighted by atomic mass is 10.1. The van der Waals surface area contributed by atoms with Crippen molar-refractivity contribution in [2.45, 2.75) is 32.1 Å². The quantitative estimate of drug-likeness (QED) is 0.355. The Bertz CT molecular complexity index is 975. The summed E-state index contributed by atoms with van der Waals surface area (Å²) >= 11 is 0. The highest BCUT2D eigenvalue weighted by molar-refractivity contribution is 6.02. The van der Waals surface area contributed by atoms with E-state index in [0.717, 1.165) is 81.1 Å². The van der Waals surface area contributed by atoms with Gasteiger partial charge in [0.15, 0.2) is 0 Å². The summed E-state index contributed by atoms with van der Waals surface area (Å²) in [5, 5.41) is 12.5. The van der Waals surface area contributed by atoms with Gasteiger partial charge in [0.2, 0.25) is 0 Å². The number of amides is 2. The number of carbonyl (C=O) groups is 2. The van der Waals surface area contributed by atoms with Gasteiger partial charge in [-0.1, -0.05) is 43.5 Å². The van der Waals surface area contributed by atoms with Crippen LogP contribution in [0.5, 0.6) is 0 Å². The molecular formula is C27H34N6O2. The van der Waals surface area contributed by atoms with E-state index in [0.29, 0.717) is 24.2 Å². The molecule has 4 rings (SSSR count). The number of nitrogens with one attached hydrogen (secondary N) is 4. The molecule has 0 saturated carbocycles. The van der Waals surface area contributed by atoms with Crippen LogP contribution in [0.4, 0.5) is 0 Å². The van der Waals surface area contributed by atoms with Gasteiger partial charge in [0.25, 0.3) is 11.8 Å². The summed E-state index contributed by atoms with van der Waals surface area (Å²) in [6.07, 6.45) is 5.09. The molecule has 2 aromatic carbocycles. The predicted molar refractivity (Wildman–Crippen MR) is 139 cm³/mol. The van der Waals surface area contributed by atoms with Crippen LogP contribution in [0.2, 0.25) is 0 Å². The first-order valence-electron chi connectivity index (χ1n) is 12.5. The summed E-state index contributed by atoms with van der Waals surface area (Å²) in [4.78, 5) is 33.4. The monoisotopic (exact) mass is 474 g/mol. The van der Waals surface area contributed by atoms with Crippen molar-refractivity contribution in [3.63, 3.8) is 0 Å². The van der Waals surface area contributed by atoms with Gasteiger partial charge in [-0.25, -0.2) is 0 Å². The molecule has 0 saturated heterocycles. The van der Waals surface area contributed by atoms with E-state index in [1.165, 1.54) is 0 Å². The van der Waals surface area contributed by atoms with Crippen molar-refractivity contribution in [1.82, 2.24) is 21.3 Å². The van der Waals surface area contributed by atoms with Crippen LogP contribution < -0.4 is 21.3 Å². The SMILES string of the molecule is O=C(NCCCCCCCNC(=O)c1ccc(C2=NCCN2)cc1)c1ccc(C2=NCCN2)cc1. The van der Waals surface area contributed by atoms with Gasteiger partial charge in [-0.2, -0.15) is 0 Å². The standard InChI is InChI=1S/C27H34N6O2/c34-26(22-10-6-20(7-11-22)24-28-16-17-29-24)32-14-4-2-1-3-5-15-33-27(35)23-12-8-21(9-13-23)25-30-18-19-31-25/h6-13H,1-5,14-19H2,(H,28,29)(H,30,31)(H,32,34)(H,33,35). The lowest BCUT2D eigenvalue weighted by Crippen LogP contribution is -2.25. The summed E-state index contributed by atoms with van der Waals surface area (Å²) in [6.45, 7) is 4.69. The maximum Gasteiger partial charge on any atom is 0.251 e. The van der Waals surface area contributed by atoms with Crippen molar-refractivity contribution in [1.29, 1.82) is 0 Å². The fraction of sp³-hybridized carbons (Fsp3) is 0.407. The van der Waals surface area contributed by atoms with Crippen LogP contribution in [0.25, 0.3) is 0 Å². The Morgan fingerprint density at radius 1 is 0.629 bits per heavy atom. The van der Waals surface area contributed by atoms with E-state index in [-0.39, 0.29) is 11.8 Å². The molecule has 4 N–H and O–H groups in total. The molecule has 0 atom stereocenters. The molecule has 0 unspecified atom stereocenters. The van der Waals surface area contributed by atoms with Crippen molar-refractivity contribution in [2.24, 2.45) is 9.98 Å². The highest BCUT2D eigenvalue weighted by Gasteiger charge is 2.11. The van der Waals surface area contributed by atoms with Gasteiger partial charge in [-0.15, -0.1) is 0 Å². The second-order valence-corrected chi connectivity index (χ2v) is 8.75. The lowest BCUT2D eigenvalue weighted by Gasteiger charge is -2.08. The van der Waals surface area contributed by atoms with Crippen LogP contribution >= 0.6 is 0 Å². The Labute approximate surface area is 206 Å². The Morgan fingerprint density at radius 3 is 1.40 bits per heavy atom. The maximum absolute atomic E-state index is 12.3. The third kappa shape index (κ3) is 7.15. The van der Waals surface area contributed by atoms with Gasteiger partial charge in [-0.05, 0) is 37.1 Å². The fourth-order valence-electron chi connectivity index (χ4n) is 4.13. The first-order chi connectivity index (χ1) is 17.2. The van der Waals surface area contributed by atoms with Crippen molar-refractivity contribution in [2.75, 3.05) is 39.3 Å². The Morgan fingerprint density at radius 2 is 1.03 bits per heavy atom. The molecular weight excluding hydrogens is 440 g/mol. The minimum atomic E-state index is -0.0406. The molecule has 0 radical (unpaired) electrons. The molecule has 35 heavy (non-hydrogen) atoms. The molecule has 8 heteroatoms. The van der Waals surface area contributed by atoms with Gasteiger partial charge in [0.1, 0.15) is 11.7 Å². The van der Waals surface area contributed by atoms with Crippen molar-refractivity contribution in [3.8, 4) is 0 Å². The van der Waals surface area contributed by atoms with Gasteiger partial charge in [-0.3, -0.25) is 19.6 Å². The molecule has 2 aliphatic rings. The number of amidine groups is 2. The molecule has 2 amide bonds. The molecule has 2 aliphatic heterocycles. The molecule has 2 heterocycles. The summed E-state index contributed by atoms with van der Waals surface area (Å²) in [6, 6.07) is 15.1. The van der Waals surface area contributed by atoms with Crippen LogP contribution in [0, 0.1) is 0 Å². The van der Waals surface area contributed by atoms with Gasteiger partial charge in [0, 0.05) is 48.4 Å². The fourth-order valence-corrected chi connectivity index (χ4v) is 4.13. The third-order valence-corrected chi connectivity index (χ3v) is 6.11. The molecule has 184 valence electrons. The van der Waals surface area contributed by atoms with E-state index in [9.17, 15) is 9.59 Å². The minimum Gasteiger partial charge on any atom is -0.368 e. The number of hydrogen-bond donors (Lipinski definition) is 4.